The summed E-state index contributed by atoms with van der Waals surface area (Å²) in [6, 6.07) is 10.9. The molecule has 0 radical (unpaired) electrons. The molecule has 0 heterocycles. The summed E-state index contributed by atoms with van der Waals surface area (Å²) in [5.74, 6) is 0. The molecular weight excluding hydrogens is 182 g/mol. The highest BCUT2D eigenvalue weighted by Crippen LogP contribution is 2.75. The summed E-state index contributed by atoms with van der Waals surface area (Å²) < 4.78 is 0. The van der Waals surface area contributed by atoms with Gasteiger partial charge in [0, 0.05) is 0 Å². The first kappa shape index (κ1) is 10.2. The molecule has 0 fully saturated rings. The third kappa shape index (κ3) is 2.06. The van der Waals surface area contributed by atoms with Crippen LogP contribution in [0.1, 0.15) is 0 Å². The molecule has 0 amide bonds. The Bertz CT molecular complexity index is 239. The van der Waals surface area contributed by atoms with E-state index in [4.69, 9.17) is 0 Å². The molecule has 0 aliphatic carbocycles. The monoisotopic (exact) mass is 199 g/mol. The summed E-state index contributed by atoms with van der Waals surface area (Å²) in [6.07, 6.45) is 0. The molecule has 0 nitrogen and oxygen atoms in total. The van der Waals surface area contributed by atoms with Crippen LogP contribution in [-0.2, 0) is 0 Å². The minimum Gasteiger partial charge on any atom is -0.0620 e. The van der Waals surface area contributed by atoms with Crippen molar-refractivity contribution >= 4 is 19.9 Å². The van der Waals surface area contributed by atoms with Gasteiger partial charge in [0.05, 0.1) is 33.2 Å². The molecule has 1 aromatic carbocycles. The van der Waals surface area contributed by atoms with Gasteiger partial charge in [-0.25, -0.2) is 0 Å². The van der Waals surface area contributed by atoms with Crippen molar-refractivity contribution in [3.8, 4) is 0 Å². The molecule has 0 aliphatic heterocycles. The second-order valence-corrected chi connectivity index (χ2v) is 14.0. The molecule has 66 valence electrons. The molecule has 0 saturated heterocycles. The lowest BCUT2D eigenvalue weighted by atomic mass is 10.4. The first-order valence-electron chi connectivity index (χ1n) is 4.12. The van der Waals surface area contributed by atoms with Gasteiger partial charge in [-0.1, -0.05) is 18.2 Å². The fourth-order valence-corrected chi connectivity index (χ4v) is 4.17. The van der Waals surface area contributed by atoms with Crippen LogP contribution >= 0.6 is 14.6 Å². The number of benzene rings is 1. The molecule has 1 aromatic rings. The van der Waals surface area contributed by atoms with Gasteiger partial charge in [-0.15, -0.1) is 0 Å². The minimum atomic E-state index is -0.802. The van der Waals surface area contributed by atoms with Crippen LogP contribution in [0.5, 0.6) is 0 Å². The third-order valence-electron chi connectivity index (χ3n) is 2.39. The molecule has 0 bridgehead atoms. The molecular formula is C10H17P2+. The fraction of sp³-hybridized carbons (Fsp3) is 0.400. The average Bonchev–Trinajstić information content (AvgIpc) is 2.06. The number of rotatable bonds is 2. The lowest BCUT2D eigenvalue weighted by Gasteiger charge is -2.21. The number of hydrogen-bond donors (Lipinski definition) is 0. The summed E-state index contributed by atoms with van der Waals surface area (Å²) in [6.45, 7) is 8.85. The van der Waals surface area contributed by atoms with Crippen LogP contribution in [0.2, 0.25) is 0 Å². The highest BCUT2D eigenvalue weighted by molar-refractivity contribution is 8.41. The molecule has 0 atom stereocenters. The van der Waals surface area contributed by atoms with Gasteiger partial charge in [-0.3, -0.25) is 0 Å². The van der Waals surface area contributed by atoms with Crippen LogP contribution in [0.3, 0.4) is 0 Å². The highest BCUT2D eigenvalue weighted by Gasteiger charge is 2.32. The maximum absolute atomic E-state index is 2.44. The second kappa shape index (κ2) is 3.86. The lowest BCUT2D eigenvalue weighted by molar-refractivity contribution is 1.76. The Morgan fingerprint density at radius 2 is 1.50 bits per heavy atom. The van der Waals surface area contributed by atoms with Crippen LogP contribution in [-0.4, -0.2) is 26.7 Å². The van der Waals surface area contributed by atoms with Gasteiger partial charge < -0.3 is 0 Å². The van der Waals surface area contributed by atoms with Gasteiger partial charge in [0.2, 0.25) is 0 Å². The molecule has 1 rings (SSSR count). The molecule has 0 spiro atoms. The van der Waals surface area contributed by atoms with Gasteiger partial charge in [0.15, 0.2) is 0 Å². The Kier molecular flexibility index (Phi) is 3.27. The van der Waals surface area contributed by atoms with Gasteiger partial charge in [0.1, 0.15) is 0 Å². The number of hydrogen-bond acceptors (Lipinski definition) is 0. The summed E-state index contributed by atoms with van der Waals surface area (Å²) in [5.41, 5.74) is 0. The van der Waals surface area contributed by atoms with E-state index in [1.54, 1.807) is 5.30 Å². The van der Waals surface area contributed by atoms with Crippen molar-refractivity contribution in [2.75, 3.05) is 26.7 Å². The van der Waals surface area contributed by atoms with E-state index in [0.717, 1.165) is 0 Å². The normalized spacial score (nSPS) is 12.1. The van der Waals surface area contributed by atoms with Crippen LogP contribution in [0.25, 0.3) is 0 Å². The summed E-state index contributed by atoms with van der Waals surface area (Å²) in [4.78, 5) is 0. The van der Waals surface area contributed by atoms with Gasteiger partial charge in [-0.2, -0.15) is 0 Å². The lowest BCUT2D eigenvalue weighted by Crippen LogP contribution is -2.06. The Morgan fingerprint density at radius 1 is 1.00 bits per heavy atom. The van der Waals surface area contributed by atoms with E-state index >= 15 is 0 Å². The topological polar surface area (TPSA) is 0 Å². The van der Waals surface area contributed by atoms with E-state index in [1.165, 1.54) is 0 Å². The standard InChI is InChI=1S/C10H17P2/c1-11(2)12(3,4)10-8-6-5-7-9-10/h5-9H,1-4H3/q+1. The summed E-state index contributed by atoms with van der Waals surface area (Å²) >= 11 is 0. The van der Waals surface area contributed by atoms with Gasteiger partial charge in [0.25, 0.3) is 0 Å². The van der Waals surface area contributed by atoms with Crippen LogP contribution < -0.4 is 5.30 Å². The second-order valence-electron chi connectivity index (χ2n) is 3.58. The maximum atomic E-state index is 2.44. The highest BCUT2D eigenvalue weighted by atomic mass is 32.1. The van der Waals surface area contributed by atoms with Gasteiger partial charge in [-0.05, 0) is 25.5 Å². The molecule has 0 aromatic heterocycles. The van der Waals surface area contributed by atoms with Crippen molar-refractivity contribution in [3.63, 3.8) is 0 Å². The largest absolute Gasteiger partial charge is 0.0957 e. The van der Waals surface area contributed by atoms with Crippen molar-refractivity contribution in [3.05, 3.63) is 30.3 Å². The summed E-state index contributed by atoms with van der Waals surface area (Å²) in [7, 11) is 0.191. The van der Waals surface area contributed by atoms with Crippen LogP contribution in [0.4, 0.5) is 0 Å². The maximum Gasteiger partial charge on any atom is 0.0957 e. The first-order chi connectivity index (χ1) is 5.55. The Balaban J connectivity index is 2.98. The third-order valence-corrected chi connectivity index (χ3v) is 12.6. The van der Waals surface area contributed by atoms with Gasteiger partial charge >= 0.3 is 0 Å². The Labute approximate surface area is 77.4 Å². The molecule has 0 unspecified atom stereocenters. The molecule has 0 saturated carbocycles. The SMILES string of the molecule is CP(C)[P+](C)(C)c1ccccc1. The van der Waals surface area contributed by atoms with E-state index in [1.807, 2.05) is 0 Å². The zero-order chi connectivity index (χ0) is 9.19. The zero-order valence-corrected chi connectivity index (χ0v) is 10.1. The van der Waals surface area contributed by atoms with Crippen molar-refractivity contribution in [2.24, 2.45) is 0 Å². The van der Waals surface area contributed by atoms with Crippen molar-refractivity contribution in [1.82, 2.24) is 0 Å². The predicted octanol–water partition coefficient (Wildman–Crippen LogP) is 3.25. The predicted molar refractivity (Wildman–Crippen MR) is 63.6 cm³/mol. The summed E-state index contributed by atoms with van der Waals surface area (Å²) in [5, 5.41) is 1.57. The molecule has 12 heavy (non-hydrogen) atoms. The van der Waals surface area contributed by atoms with E-state index in [9.17, 15) is 0 Å². The first-order valence-corrected chi connectivity index (χ1v) is 9.75. The van der Waals surface area contributed by atoms with Crippen LogP contribution in [0.15, 0.2) is 30.3 Å². The van der Waals surface area contributed by atoms with Crippen molar-refractivity contribution < 1.29 is 0 Å². The molecule has 0 N–H and O–H groups in total. The minimum absolute atomic E-state index is 0.191. The Morgan fingerprint density at radius 3 is 1.92 bits per heavy atom. The van der Waals surface area contributed by atoms with E-state index in [0.29, 0.717) is 0 Å². The fourth-order valence-electron chi connectivity index (χ4n) is 1.02. The zero-order valence-electron chi connectivity index (χ0n) is 8.28. The van der Waals surface area contributed by atoms with E-state index in [2.05, 4.69) is 57.0 Å². The average molecular weight is 199 g/mol. The molecule has 0 aliphatic rings. The van der Waals surface area contributed by atoms with E-state index in [-0.39, 0.29) is 7.61 Å². The van der Waals surface area contributed by atoms with E-state index < -0.39 is 6.95 Å². The quantitative estimate of drug-likeness (QED) is 0.641. The van der Waals surface area contributed by atoms with Crippen molar-refractivity contribution in [1.29, 1.82) is 0 Å². The molecule has 2 heteroatoms. The van der Waals surface area contributed by atoms with Crippen LogP contribution in [0, 0.1) is 0 Å². The Hall–Kier alpha value is 0.0800. The smallest absolute Gasteiger partial charge is 0.0620 e. The van der Waals surface area contributed by atoms with Crippen molar-refractivity contribution in [2.45, 2.75) is 0 Å².